The van der Waals surface area contributed by atoms with E-state index in [1.54, 1.807) is 23.5 Å². The van der Waals surface area contributed by atoms with Crippen LogP contribution in [0.1, 0.15) is 20.3 Å². The highest BCUT2D eigenvalue weighted by Gasteiger charge is 2.30. The van der Waals surface area contributed by atoms with Crippen LogP contribution in [-0.4, -0.2) is 32.9 Å². The van der Waals surface area contributed by atoms with Gasteiger partial charge in [-0.25, -0.2) is 0 Å². The fraction of sp³-hybridized carbons (Fsp3) is 0.368. The van der Waals surface area contributed by atoms with Crippen LogP contribution in [0.4, 0.5) is 0 Å². The molecule has 2 rings (SSSR count). The first-order valence-electron chi connectivity index (χ1n) is 7.75. The van der Waals surface area contributed by atoms with Gasteiger partial charge in [0, 0.05) is 26.7 Å². The van der Waals surface area contributed by atoms with E-state index in [-0.39, 0.29) is 4.75 Å². The van der Waals surface area contributed by atoms with Gasteiger partial charge < -0.3 is 10.2 Å². The highest BCUT2D eigenvalue weighted by Crippen LogP contribution is 2.36. The average Bonchev–Trinajstić information content (AvgIpc) is 2.54. The zero-order chi connectivity index (χ0) is 16.7. The smallest absolute Gasteiger partial charge is 0.0709 e. The lowest BCUT2D eigenvalue weighted by atomic mass is 10.0. The van der Waals surface area contributed by atoms with Crippen molar-refractivity contribution in [3.8, 4) is 0 Å². The van der Waals surface area contributed by atoms with E-state index < -0.39 is 12.2 Å². The lowest BCUT2D eigenvalue weighted by Gasteiger charge is -2.31. The van der Waals surface area contributed by atoms with Gasteiger partial charge in [-0.2, -0.15) is 0 Å². The summed E-state index contributed by atoms with van der Waals surface area (Å²) in [6.45, 7) is 4.04. The Morgan fingerprint density at radius 3 is 1.96 bits per heavy atom. The molecule has 2 aromatic rings. The number of benzene rings is 2. The second-order valence-corrected chi connectivity index (χ2v) is 8.87. The number of aliphatic hydroxyl groups excluding tert-OH is 2. The van der Waals surface area contributed by atoms with Crippen molar-refractivity contribution in [3.63, 3.8) is 0 Å². The zero-order valence-corrected chi connectivity index (χ0v) is 15.2. The molecule has 0 aliphatic heterocycles. The third-order valence-electron chi connectivity index (χ3n) is 3.61. The molecule has 2 unspecified atom stereocenters. The lowest BCUT2D eigenvalue weighted by molar-refractivity contribution is 0.0739. The molecule has 124 valence electrons. The van der Waals surface area contributed by atoms with E-state index in [4.69, 9.17) is 0 Å². The van der Waals surface area contributed by atoms with Gasteiger partial charge in [-0.05, 0) is 38.1 Å². The molecular formula is C19H24O2S2. The Kier molecular flexibility index (Phi) is 7.03. The van der Waals surface area contributed by atoms with E-state index in [9.17, 15) is 10.2 Å². The van der Waals surface area contributed by atoms with E-state index in [2.05, 4.69) is 0 Å². The molecule has 0 saturated heterocycles. The predicted molar refractivity (Wildman–Crippen MR) is 100 cm³/mol. The van der Waals surface area contributed by atoms with Gasteiger partial charge in [-0.15, -0.1) is 23.5 Å². The second kappa shape index (κ2) is 8.78. The van der Waals surface area contributed by atoms with E-state index in [1.807, 2.05) is 74.5 Å². The molecule has 2 atom stereocenters. The Morgan fingerprint density at radius 1 is 0.870 bits per heavy atom. The fourth-order valence-electron chi connectivity index (χ4n) is 2.18. The number of rotatable bonds is 8. The van der Waals surface area contributed by atoms with E-state index in [0.717, 1.165) is 9.79 Å². The van der Waals surface area contributed by atoms with Gasteiger partial charge in [-0.3, -0.25) is 0 Å². The van der Waals surface area contributed by atoms with Gasteiger partial charge >= 0.3 is 0 Å². The van der Waals surface area contributed by atoms with E-state index >= 15 is 0 Å². The summed E-state index contributed by atoms with van der Waals surface area (Å²) in [7, 11) is 0. The zero-order valence-electron chi connectivity index (χ0n) is 13.6. The highest BCUT2D eigenvalue weighted by atomic mass is 32.2. The molecule has 0 aliphatic carbocycles. The molecule has 0 aromatic heterocycles. The van der Waals surface area contributed by atoms with Crippen LogP contribution in [0.2, 0.25) is 0 Å². The minimum absolute atomic E-state index is 0.347. The summed E-state index contributed by atoms with van der Waals surface area (Å²) < 4.78 is -0.347. The van der Waals surface area contributed by atoms with Crippen LogP contribution in [-0.2, 0) is 0 Å². The molecular weight excluding hydrogens is 324 g/mol. The Labute approximate surface area is 147 Å². The molecule has 23 heavy (non-hydrogen) atoms. The van der Waals surface area contributed by atoms with Crippen molar-refractivity contribution in [2.24, 2.45) is 0 Å². The molecule has 2 aromatic carbocycles. The minimum atomic E-state index is -0.570. The quantitative estimate of drug-likeness (QED) is 0.691. The topological polar surface area (TPSA) is 40.5 Å². The first-order chi connectivity index (χ1) is 11.0. The van der Waals surface area contributed by atoms with Crippen LogP contribution >= 0.6 is 23.5 Å². The normalized spacial score (nSPS) is 14.4. The van der Waals surface area contributed by atoms with Gasteiger partial charge in [0.2, 0.25) is 0 Å². The lowest BCUT2D eigenvalue weighted by Crippen LogP contribution is -2.36. The number of hydrogen-bond donors (Lipinski definition) is 2. The molecule has 0 fully saturated rings. The van der Waals surface area contributed by atoms with Crippen molar-refractivity contribution in [3.05, 3.63) is 60.7 Å². The van der Waals surface area contributed by atoms with E-state index in [0.29, 0.717) is 12.2 Å². The first-order valence-corrected chi connectivity index (χ1v) is 9.55. The number of thioether (sulfide) groups is 2. The maximum atomic E-state index is 10.5. The van der Waals surface area contributed by atoms with Gasteiger partial charge in [0.15, 0.2) is 0 Å². The van der Waals surface area contributed by atoms with Crippen molar-refractivity contribution >= 4 is 23.5 Å². The maximum absolute atomic E-state index is 10.5. The van der Waals surface area contributed by atoms with Crippen molar-refractivity contribution < 1.29 is 10.2 Å². The van der Waals surface area contributed by atoms with Gasteiger partial charge in [0.25, 0.3) is 0 Å². The summed E-state index contributed by atoms with van der Waals surface area (Å²) in [4.78, 5) is 2.27. The molecule has 0 spiro atoms. The predicted octanol–water partition coefficient (Wildman–Crippen LogP) is 4.46. The van der Waals surface area contributed by atoms with Crippen molar-refractivity contribution in [1.29, 1.82) is 0 Å². The summed E-state index contributed by atoms with van der Waals surface area (Å²) in [5.74, 6) is 0.590. The summed E-state index contributed by atoms with van der Waals surface area (Å²) in [6, 6.07) is 20.1. The molecule has 0 heterocycles. The van der Waals surface area contributed by atoms with E-state index in [1.165, 1.54) is 0 Å². The fourth-order valence-corrected chi connectivity index (χ4v) is 4.18. The molecule has 0 saturated carbocycles. The molecule has 2 N–H and O–H groups in total. The van der Waals surface area contributed by atoms with Crippen LogP contribution in [0.15, 0.2) is 70.5 Å². The largest absolute Gasteiger partial charge is 0.392 e. The van der Waals surface area contributed by atoms with Crippen LogP contribution in [0.3, 0.4) is 0 Å². The summed E-state index contributed by atoms with van der Waals surface area (Å²) in [5.41, 5.74) is 0. The number of aliphatic hydroxyl groups is 2. The molecule has 0 radical (unpaired) electrons. The standard InChI is InChI=1S/C19H24O2S2/c1-19(2,23-17-11-7-4-8-12-17)18(21)13-15(20)14-22-16-9-5-3-6-10-16/h3-12,15,18,20-21H,13-14H2,1-2H3. The molecule has 4 heteroatoms. The van der Waals surface area contributed by atoms with Gasteiger partial charge in [0.05, 0.1) is 12.2 Å². The van der Waals surface area contributed by atoms with Crippen LogP contribution in [0, 0.1) is 0 Å². The Hall–Kier alpha value is -0.940. The molecule has 0 aliphatic rings. The van der Waals surface area contributed by atoms with Crippen LogP contribution in [0.5, 0.6) is 0 Å². The minimum Gasteiger partial charge on any atom is -0.392 e. The highest BCUT2D eigenvalue weighted by molar-refractivity contribution is 8.00. The van der Waals surface area contributed by atoms with Crippen molar-refractivity contribution in [2.75, 3.05) is 5.75 Å². The second-order valence-electron chi connectivity index (χ2n) is 6.05. The van der Waals surface area contributed by atoms with Gasteiger partial charge in [-0.1, -0.05) is 36.4 Å². The SMILES string of the molecule is CC(C)(Sc1ccccc1)C(O)CC(O)CSc1ccccc1. The summed E-state index contributed by atoms with van der Waals surface area (Å²) in [6.07, 6.45) is -0.711. The van der Waals surface area contributed by atoms with Crippen LogP contribution < -0.4 is 0 Å². The molecule has 0 bridgehead atoms. The maximum Gasteiger partial charge on any atom is 0.0709 e. The summed E-state index contributed by atoms with van der Waals surface area (Å²) >= 11 is 3.26. The Bertz CT molecular complexity index is 572. The molecule has 0 amide bonds. The average molecular weight is 349 g/mol. The van der Waals surface area contributed by atoms with Crippen LogP contribution in [0.25, 0.3) is 0 Å². The third kappa shape index (κ3) is 6.22. The first kappa shape index (κ1) is 18.4. The monoisotopic (exact) mass is 348 g/mol. The van der Waals surface area contributed by atoms with Crippen molar-refractivity contribution in [2.45, 2.75) is 47.0 Å². The van der Waals surface area contributed by atoms with Gasteiger partial charge in [0.1, 0.15) is 0 Å². The Balaban J connectivity index is 1.83. The van der Waals surface area contributed by atoms with Crippen molar-refractivity contribution in [1.82, 2.24) is 0 Å². The third-order valence-corrected chi connectivity index (χ3v) is 6.07. The summed E-state index contributed by atoms with van der Waals surface area (Å²) in [5, 5.41) is 20.7. The number of hydrogen-bond acceptors (Lipinski definition) is 4. The molecule has 2 nitrogen and oxygen atoms in total. The Morgan fingerprint density at radius 2 is 1.39 bits per heavy atom.